The van der Waals surface area contributed by atoms with Crippen LogP contribution in [0, 0.1) is 6.92 Å². The van der Waals surface area contributed by atoms with E-state index < -0.39 is 11.9 Å². The molecule has 1 saturated heterocycles. The summed E-state index contributed by atoms with van der Waals surface area (Å²) >= 11 is 6.02. The third-order valence-corrected chi connectivity index (χ3v) is 4.86. The summed E-state index contributed by atoms with van der Waals surface area (Å²) in [6.07, 6.45) is 2.12. The Morgan fingerprint density at radius 1 is 1.29 bits per heavy atom. The van der Waals surface area contributed by atoms with E-state index in [2.05, 4.69) is 15.5 Å². The maximum absolute atomic E-state index is 12.9. The maximum Gasteiger partial charge on any atom is 0.257 e. The van der Waals surface area contributed by atoms with Crippen molar-refractivity contribution in [3.05, 3.63) is 65.0 Å². The van der Waals surface area contributed by atoms with Gasteiger partial charge in [0, 0.05) is 23.5 Å². The van der Waals surface area contributed by atoms with Crippen LogP contribution in [-0.4, -0.2) is 34.5 Å². The van der Waals surface area contributed by atoms with Gasteiger partial charge in [0.15, 0.2) is 0 Å². The van der Waals surface area contributed by atoms with E-state index in [9.17, 15) is 9.59 Å². The summed E-state index contributed by atoms with van der Waals surface area (Å²) in [5.74, 6) is -0.217. The van der Waals surface area contributed by atoms with Crippen LogP contribution in [-0.2, 0) is 4.79 Å². The Labute approximate surface area is 166 Å². The van der Waals surface area contributed by atoms with Gasteiger partial charge in [-0.3, -0.25) is 14.6 Å². The van der Waals surface area contributed by atoms with Crippen molar-refractivity contribution in [1.29, 1.82) is 0 Å². The highest BCUT2D eigenvalue weighted by Gasteiger charge is 2.35. The van der Waals surface area contributed by atoms with E-state index in [0.29, 0.717) is 40.8 Å². The minimum atomic E-state index is -0.627. The van der Waals surface area contributed by atoms with E-state index in [1.807, 2.05) is 6.07 Å². The molecule has 0 radical (unpaired) electrons. The highest BCUT2D eigenvalue weighted by atomic mass is 35.5. The van der Waals surface area contributed by atoms with E-state index in [-0.39, 0.29) is 11.5 Å². The number of rotatable bonds is 4. The first kappa shape index (κ1) is 18.2. The zero-order valence-corrected chi connectivity index (χ0v) is 15.8. The van der Waals surface area contributed by atoms with Gasteiger partial charge >= 0.3 is 0 Å². The maximum atomic E-state index is 12.9. The molecule has 0 saturated carbocycles. The second-order valence-corrected chi connectivity index (χ2v) is 6.90. The van der Waals surface area contributed by atoms with Crippen molar-refractivity contribution in [2.24, 2.45) is 0 Å². The van der Waals surface area contributed by atoms with Gasteiger partial charge in [-0.25, -0.2) is 0 Å². The lowest BCUT2D eigenvalue weighted by molar-refractivity contribution is -0.118. The summed E-state index contributed by atoms with van der Waals surface area (Å²) in [5.41, 5.74) is 1.88. The third-order valence-electron chi connectivity index (χ3n) is 4.63. The summed E-state index contributed by atoms with van der Waals surface area (Å²) in [7, 11) is 0. The topological polar surface area (TPSA) is 88.3 Å². The van der Waals surface area contributed by atoms with Gasteiger partial charge in [0.05, 0.1) is 5.69 Å². The van der Waals surface area contributed by atoms with Crippen molar-refractivity contribution >= 4 is 29.1 Å². The fourth-order valence-corrected chi connectivity index (χ4v) is 3.45. The number of carbonyl (C=O) groups is 2. The number of carbonyl (C=O) groups excluding carboxylic acids is 2. The van der Waals surface area contributed by atoms with Gasteiger partial charge < -0.3 is 14.7 Å². The summed E-state index contributed by atoms with van der Waals surface area (Å²) in [4.78, 5) is 31.5. The molecule has 1 atom stereocenters. The molecule has 0 aliphatic carbocycles. The fraction of sp³-hybridized carbons (Fsp3) is 0.200. The number of nitrogens with zero attached hydrogens (tertiary/aromatic N) is 3. The Balaban J connectivity index is 1.54. The number of aryl methyl sites for hydroxylation is 1. The first-order chi connectivity index (χ1) is 13.5. The molecule has 7 nitrogen and oxygen atoms in total. The fourth-order valence-electron chi connectivity index (χ4n) is 3.26. The van der Waals surface area contributed by atoms with Crippen LogP contribution in [0.2, 0.25) is 5.02 Å². The predicted molar refractivity (Wildman–Crippen MR) is 104 cm³/mol. The molecule has 142 valence electrons. The lowest BCUT2D eigenvalue weighted by atomic mass is 10.1. The summed E-state index contributed by atoms with van der Waals surface area (Å²) in [6, 6.07) is 11.8. The average molecular weight is 397 g/mol. The number of hydrogen-bond acceptors (Lipinski definition) is 5. The van der Waals surface area contributed by atoms with Gasteiger partial charge in [-0.15, -0.1) is 0 Å². The largest absolute Gasteiger partial charge is 0.360 e. The molecule has 3 heterocycles. The van der Waals surface area contributed by atoms with E-state index in [4.69, 9.17) is 16.1 Å². The van der Waals surface area contributed by atoms with Gasteiger partial charge in [0.1, 0.15) is 23.1 Å². The molecule has 2 aromatic heterocycles. The quantitative estimate of drug-likeness (QED) is 0.731. The standard InChI is InChI=1S/C20H17ClN4O3/c1-12-17(18(24-28-12)15-7-2-3-9-22-15)19(26)23-16-8-10-25(20(16)27)14-6-4-5-13(21)11-14/h2-7,9,11,16H,8,10H2,1H3,(H,23,26). The number of anilines is 1. The normalized spacial score (nSPS) is 16.4. The molecule has 8 heteroatoms. The monoisotopic (exact) mass is 396 g/mol. The SMILES string of the molecule is Cc1onc(-c2ccccn2)c1C(=O)NC1CCN(c2cccc(Cl)c2)C1=O. The van der Waals surface area contributed by atoms with Gasteiger partial charge in [-0.1, -0.05) is 28.9 Å². The first-order valence-corrected chi connectivity index (χ1v) is 9.18. The zero-order chi connectivity index (χ0) is 19.7. The van der Waals surface area contributed by atoms with Gasteiger partial charge in [-0.2, -0.15) is 0 Å². The second-order valence-electron chi connectivity index (χ2n) is 6.46. The Bertz CT molecular complexity index is 1030. The van der Waals surface area contributed by atoms with Crippen LogP contribution in [0.15, 0.2) is 53.2 Å². The van der Waals surface area contributed by atoms with Crippen molar-refractivity contribution < 1.29 is 14.1 Å². The van der Waals surface area contributed by atoms with Crippen LogP contribution in [0.25, 0.3) is 11.4 Å². The van der Waals surface area contributed by atoms with E-state index in [1.54, 1.807) is 54.4 Å². The average Bonchev–Trinajstić information content (AvgIpc) is 3.25. The Hall–Kier alpha value is -3.19. The summed E-state index contributed by atoms with van der Waals surface area (Å²) in [6.45, 7) is 2.16. The van der Waals surface area contributed by atoms with E-state index >= 15 is 0 Å². The van der Waals surface area contributed by atoms with Crippen molar-refractivity contribution in [2.45, 2.75) is 19.4 Å². The van der Waals surface area contributed by atoms with Crippen LogP contribution in [0.5, 0.6) is 0 Å². The minimum Gasteiger partial charge on any atom is -0.360 e. The highest BCUT2D eigenvalue weighted by Crippen LogP contribution is 2.26. The molecule has 0 bridgehead atoms. The Morgan fingerprint density at radius 3 is 2.89 bits per heavy atom. The smallest absolute Gasteiger partial charge is 0.257 e. The van der Waals surface area contributed by atoms with Crippen LogP contribution >= 0.6 is 11.6 Å². The lowest BCUT2D eigenvalue weighted by Gasteiger charge is -2.17. The number of hydrogen-bond donors (Lipinski definition) is 1. The van der Waals surface area contributed by atoms with Crippen molar-refractivity contribution in [2.75, 3.05) is 11.4 Å². The molecule has 4 rings (SSSR count). The first-order valence-electron chi connectivity index (χ1n) is 8.80. The van der Waals surface area contributed by atoms with Gasteiger partial charge in [0.25, 0.3) is 5.91 Å². The highest BCUT2D eigenvalue weighted by molar-refractivity contribution is 6.31. The number of amides is 2. The van der Waals surface area contributed by atoms with Crippen LogP contribution < -0.4 is 10.2 Å². The van der Waals surface area contributed by atoms with Gasteiger partial charge in [-0.05, 0) is 43.7 Å². The Kier molecular flexibility index (Phi) is 4.83. The second kappa shape index (κ2) is 7.44. The molecule has 1 aromatic carbocycles. The molecule has 1 aliphatic rings. The number of benzene rings is 1. The third kappa shape index (κ3) is 3.36. The number of aromatic nitrogens is 2. The molecule has 0 spiro atoms. The van der Waals surface area contributed by atoms with Crippen LogP contribution in [0.3, 0.4) is 0 Å². The van der Waals surface area contributed by atoms with E-state index in [0.717, 1.165) is 0 Å². The van der Waals surface area contributed by atoms with Crippen LogP contribution in [0.4, 0.5) is 5.69 Å². The summed E-state index contributed by atoms with van der Waals surface area (Å²) < 4.78 is 5.21. The molecule has 28 heavy (non-hydrogen) atoms. The van der Waals surface area contributed by atoms with Crippen molar-refractivity contribution in [3.63, 3.8) is 0 Å². The number of halogens is 1. The molecule has 1 unspecified atom stereocenters. The Morgan fingerprint density at radius 2 is 2.14 bits per heavy atom. The number of nitrogens with one attached hydrogen (secondary N) is 1. The lowest BCUT2D eigenvalue weighted by Crippen LogP contribution is -2.41. The number of pyridine rings is 1. The predicted octanol–water partition coefficient (Wildman–Crippen LogP) is 3.23. The van der Waals surface area contributed by atoms with Crippen molar-refractivity contribution in [1.82, 2.24) is 15.5 Å². The molecule has 1 fully saturated rings. The van der Waals surface area contributed by atoms with Crippen molar-refractivity contribution in [3.8, 4) is 11.4 Å². The summed E-state index contributed by atoms with van der Waals surface area (Å²) in [5, 5.41) is 7.32. The molecule has 1 aliphatic heterocycles. The molecule has 3 aromatic rings. The van der Waals surface area contributed by atoms with Gasteiger partial charge in [0.2, 0.25) is 5.91 Å². The minimum absolute atomic E-state index is 0.177. The zero-order valence-electron chi connectivity index (χ0n) is 15.1. The molecule has 2 amide bonds. The van der Waals surface area contributed by atoms with Crippen LogP contribution in [0.1, 0.15) is 22.5 Å². The molecule has 1 N–H and O–H groups in total. The molecular weight excluding hydrogens is 380 g/mol. The van der Waals surface area contributed by atoms with E-state index in [1.165, 1.54) is 0 Å². The molecular formula is C20H17ClN4O3.